The molecule has 1 aliphatic rings. The maximum Gasteiger partial charge on any atom is 0.254 e. The molecule has 1 aliphatic heterocycles. The molecule has 1 aromatic rings. The lowest BCUT2D eigenvalue weighted by atomic mass is 10.1. The van der Waals surface area contributed by atoms with Crippen LogP contribution in [0.1, 0.15) is 36.7 Å². The number of hydrogen-bond acceptors (Lipinski definition) is 2. The van der Waals surface area contributed by atoms with Crippen LogP contribution in [0.25, 0.3) is 0 Å². The van der Waals surface area contributed by atoms with E-state index >= 15 is 0 Å². The van der Waals surface area contributed by atoms with Crippen molar-refractivity contribution in [2.75, 3.05) is 13.1 Å². The van der Waals surface area contributed by atoms with Crippen molar-refractivity contribution in [3.8, 4) is 0 Å². The molecule has 4 nitrogen and oxygen atoms in total. The van der Waals surface area contributed by atoms with E-state index in [9.17, 15) is 9.59 Å². The van der Waals surface area contributed by atoms with Gasteiger partial charge in [-0.25, -0.2) is 0 Å². The third kappa shape index (κ3) is 2.62. The minimum Gasteiger partial charge on any atom is -0.339 e. The van der Waals surface area contributed by atoms with Gasteiger partial charge in [-0.15, -0.1) is 0 Å². The normalized spacial score (nSPS) is 13.9. The largest absolute Gasteiger partial charge is 0.339 e. The van der Waals surface area contributed by atoms with Gasteiger partial charge in [0.25, 0.3) is 5.91 Å². The van der Waals surface area contributed by atoms with E-state index in [-0.39, 0.29) is 24.4 Å². The zero-order chi connectivity index (χ0) is 14.0. The van der Waals surface area contributed by atoms with Gasteiger partial charge in [0.05, 0.1) is 0 Å². The van der Waals surface area contributed by atoms with Crippen molar-refractivity contribution in [3.05, 3.63) is 35.4 Å². The number of benzene rings is 1. The maximum atomic E-state index is 12.2. The summed E-state index contributed by atoms with van der Waals surface area (Å²) in [6.07, 6.45) is 0. The first-order valence-electron chi connectivity index (χ1n) is 6.71. The smallest absolute Gasteiger partial charge is 0.254 e. The Balaban J connectivity index is 2.07. The molecule has 4 heteroatoms. The highest BCUT2D eigenvalue weighted by atomic mass is 16.2. The van der Waals surface area contributed by atoms with Crippen molar-refractivity contribution in [1.29, 1.82) is 0 Å². The molecular weight excluding hydrogens is 240 g/mol. The van der Waals surface area contributed by atoms with E-state index in [1.165, 1.54) is 0 Å². The molecule has 0 radical (unpaired) electrons. The second-order valence-corrected chi connectivity index (χ2v) is 5.09. The van der Waals surface area contributed by atoms with Crippen LogP contribution in [0.15, 0.2) is 24.3 Å². The van der Waals surface area contributed by atoms with Gasteiger partial charge in [-0.2, -0.15) is 0 Å². The van der Waals surface area contributed by atoms with E-state index in [1.807, 2.05) is 45.0 Å². The Labute approximate surface area is 114 Å². The molecule has 2 rings (SSSR count). The Morgan fingerprint density at radius 2 is 2.05 bits per heavy atom. The van der Waals surface area contributed by atoms with Crippen molar-refractivity contribution in [1.82, 2.24) is 9.80 Å². The third-order valence-electron chi connectivity index (χ3n) is 3.51. The highest BCUT2D eigenvalue weighted by Crippen LogP contribution is 2.22. The highest BCUT2D eigenvalue weighted by molar-refractivity contribution is 6.00. The molecular formula is C15H20N2O2. The Hall–Kier alpha value is -1.84. The Morgan fingerprint density at radius 1 is 1.37 bits per heavy atom. The van der Waals surface area contributed by atoms with E-state index < -0.39 is 0 Å². The summed E-state index contributed by atoms with van der Waals surface area (Å²) in [5.74, 6) is -0.0255. The van der Waals surface area contributed by atoms with Crippen LogP contribution in [0.4, 0.5) is 0 Å². The Kier molecular flexibility index (Phi) is 3.88. The second-order valence-electron chi connectivity index (χ2n) is 5.09. The average molecular weight is 260 g/mol. The summed E-state index contributed by atoms with van der Waals surface area (Å²) in [6, 6.07) is 7.70. The number of rotatable bonds is 4. The van der Waals surface area contributed by atoms with Crippen LogP contribution in [-0.4, -0.2) is 40.7 Å². The first-order valence-corrected chi connectivity index (χ1v) is 6.71. The second kappa shape index (κ2) is 5.43. The molecule has 2 amide bonds. The van der Waals surface area contributed by atoms with Crippen LogP contribution in [0.5, 0.6) is 0 Å². The first kappa shape index (κ1) is 13.6. The molecule has 1 heterocycles. The molecule has 0 spiro atoms. The van der Waals surface area contributed by atoms with Crippen molar-refractivity contribution < 1.29 is 9.59 Å². The van der Waals surface area contributed by atoms with Gasteiger partial charge >= 0.3 is 0 Å². The van der Waals surface area contributed by atoms with Gasteiger partial charge < -0.3 is 9.80 Å². The van der Waals surface area contributed by atoms with Crippen molar-refractivity contribution in [2.45, 2.75) is 33.4 Å². The number of fused-ring (bicyclic) bond motifs is 1. The molecule has 19 heavy (non-hydrogen) atoms. The van der Waals surface area contributed by atoms with Gasteiger partial charge in [-0.3, -0.25) is 9.59 Å². The van der Waals surface area contributed by atoms with E-state index in [1.54, 1.807) is 9.80 Å². The van der Waals surface area contributed by atoms with Gasteiger partial charge in [-0.1, -0.05) is 18.2 Å². The Bertz CT molecular complexity index is 497. The number of carbonyl (C=O) groups is 2. The summed E-state index contributed by atoms with van der Waals surface area (Å²) in [4.78, 5) is 27.8. The summed E-state index contributed by atoms with van der Waals surface area (Å²) in [5.41, 5.74) is 1.73. The highest BCUT2D eigenvalue weighted by Gasteiger charge is 2.29. The molecule has 0 saturated carbocycles. The zero-order valence-electron chi connectivity index (χ0n) is 11.7. The maximum absolute atomic E-state index is 12.2. The summed E-state index contributed by atoms with van der Waals surface area (Å²) in [6.45, 7) is 7.31. The van der Waals surface area contributed by atoms with Crippen molar-refractivity contribution in [3.63, 3.8) is 0 Å². The number of hydrogen-bond donors (Lipinski definition) is 0. The molecule has 0 aromatic heterocycles. The minimum absolute atomic E-state index is 0.0126. The fraction of sp³-hybridized carbons (Fsp3) is 0.467. The van der Waals surface area contributed by atoms with Crippen LogP contribution in [0.3, 0.4) is 0 Å². The standard InChI is InChI=1S/C15H20N2O2/c1-4-17(11(2)3)14(18)10-16-9-12-7-5-6-8-13(12)15(16)19/h5-8,11H,4,9-10H2,1-3H3. The van der Waals surface area contributed by atoms with Crippen LogP contribution < -0.4 is 0 Å². The topological polar surface area (TPSA) is 40.6 Å². The lowest BCUT2D eigenvalue weighted by molar-refractivity contribution is -0.133. The van der Waals surface area contributed by atoms with E-state index in [0.29, 0.717) is 13.1 Å². The van der Waals surface area contributed by atoms with Crippen molar-refractivity contribution >= 4 is 11.8 Å². The van der Waals surface area contributed by atoms with Gasteiger partial charge in [-0.05, 0) is 32.4 Å². The number of carbonyl (C=O) groups excluding carboxylic acids is 2. The summed E-state index contributed by atoms with van der Waals surface area (Å²) >= 11 is 0. The quantitative estimate of drug-likeness (QED) is 0.829. The van der Waals surface area contributed by atoms with Gasteiger partial charge in [0.15, 0.2) is 0 Å². The van der Waals surface area contributed by atoms with Gasteiger partial charge in [0.1, 0.15) is 6.54 Å². The van der Waals surface area contributed by atoms with Gasteiger partial charge in [0, 0.05) is 24.7 Å². The van der Waals surface area contributed by atoms with Crippen LogP contribution in [0, 0.1) is 0 Å². The van der Waals surface area contributed by atoms with Crippen LogP contribution in [0.2, 0.25) is 0 Å². The average Bonchev–Trinajstić information content (AvgIpc) is 2.67. The fourth-order valence-electron chi connectivity index (χ4n) is 2.53. The first-order chi connectivity index (χ1) is 9.04. The van der Waals surface area contributed by atoms with Crippen molar-refractivity contribution in [2.24, 2.45) is 0 Å². The molecule has 0 N–H and O–H groups in total. The molecule has 0 bridgehead atoms. The van der Waals surface area contributed by atoms with Crippen LogP contribution in [-0.2, 0) is 11.3 Å². The Morgan fingerprint density at radius 3 is 2.63 bits per heavy atom. The number of amides is 2. The molecule has 0 aliphatic carbocycles. The van der Waals surface area contributed by atoms with E-state index in [0.717, 1.165) is 11.1 Å². The molecule has 1 aromatic carbocycles. The molecule has 0 fully saturated rings. The molecule has 0 unspecified atom stereocenters. The predicted octanol–water partition coefficient (Wildman–Crippen LogP) is 1.90. The third-order valence-corrected chi connectivity index (χ3v) is 3.51. The van der Waals surface area contributed by atoms with E-state index in [4.69, 9.17) is 0 Å². The number of likely N-dealkylation sites (N-methyl/N-ethyl adjacent to an activating group) is 1. The summed E-state index contributed by atoms with van der Waals surface area (Å²) in [5, 5.41) is 0. The molecule has 0 atom stereocenters. The molecule has 0 saturated heterocycles. The predicted molar refractivity (Wildman–Crippen MR) is 73.7 cm³/mol. The zero-order valence-corrected chi connectivity index (χ0v) is 11.7. The van der Waals surface area contributed by atoms with Crippen LogP contribution >= 0.6 is 0 Å². The molecule has 102 valence electrons. The summed E-state index contributed by atoms with van der Waals surface area (Å²) in [7, 11) is 0. The fourth-order valence-corrected chi connectivity index (χ4v) is 2.53. The number of nitrogens with zero attached hydrogens (tertiary/aromatic N) is 2. The monoisotopic (exact) mass is 260 g/mol. The lowest BCUT2D eigenvalue weighted by Crippen LogP contribution is -2.43. The SMILES string of the molecule is CCN(C(=O)CN1Cc2ccccc2C1=O)C(C)C. The minimum atomic E-state index is -0.0382. The van der Waals surface area contributed by atoms with Gasteiger partial charge in [0.2, 0.25) is 5.91 Å². The van der Waals surface area contributed by atoms with E-state index in [2.05, 4.69) is 0 Å². The lowest BCUT2D eigenvalue weighted by Gasteiger charge is -2.27. The summed E-state index contributed by atoms with van der Waals surface area (Å²) < 4.78 is 0.